The minimum atomic E-state index is -0.373. The molecule has 1 atom stereocenters. The van der Waals surface area contributed by atoms with Crippen LogP contribution < -0.4 is 10.6 Å². The molecule has 0 aliphatic rings. The minimum Gasteiger partial charge on any atom is -0.459 e. The van der Waals surface area contributed by atoms with Gasteiger partial charge in [0.1, 0.15) is 0 Å². The second kappa shape index (κ2) is 8.85. The van der Waals surface area contributed by atoms with Crippen LogP contribution in [0.15, 0.2) is 76.0 Å². The number of hydrogen-bond acceptors (Lipinski definition) is 6. The molecule has 3 aromatic heterocycles. The van der Waals surface area contributed by atoms with Crippen molar-refractivity contribution in [3.63, 3.8) is 0 Å². The first kappa shape index (κ1) is 19.1. The smallest absolute Gasteiger partial charge is 0.293 e. The van der Waals surface area contributed by atoms with Crippen LogP contribution in [0.25, 0.3) is 0 Å². The number of aromatic nitrogens is 1. The molecule has 29 heavy (non-hydrogen) atoms. The highest BCUT2D eigenvalue weighted by molar-refractivity contribution is 7.14. The summed E-state index contributed by atoms with van der Waals surface area (Å²) in [4.78, 5) is 30.1. The van der Waals surface area contributed by atoms with Crippen LogP contribution in [0.2, 0.25) is 0 Å². The summed E-state index contributed by atoms with van der Waals surface area (Å²) in [6.45, 7) is 0. The molecule has 8 heteroatoms. The maximum atomic E-state index is 12.7. The van der Waals surface area contributed by atoms with Crippen molar-refractivity contribution in [2.75, 3.05) is 5.32 Å². The maximum Gasteiger partial charge on any atom is 0.293 e. The van der Waals surface area contributed by atoms with Crippen molar-refractivity contribution in [1.82, 2.24) is 10.3 Å². The fraction of sp³-hybridized carbons (Fsp3) is 0.0952. The third-order valence-electron chi connectivity index (χ3n) is 4.12. The predicted octanol–water partition coefficient (Wildman–Crippen LogP) is 4.50. The summed E-state index contributed by atoms with van der Waals surface area (Å²) < 4.78 is 5.06. The van der Waals surface area contributed by atoms with Crippen molar-refractivity contribution in [2.45, 2.75) is 12.5 Å². The number of benzene rings is 1. The number of amides is 2. The zero-order valence-electron chi connectivity index (χ0n) is 15.2. The van der Waals surface area contributed by atoms with Crippen LogP contribution in [-0.2, 0) is 11.2 Å². The molecule has 1 aromatic carbocycles. The van der Waals surface area contributed by atoms with Gasteiger partial charge in [-0.3, -0.25) is 14.9 Å². The van der Waals surface area contributed by atoms with Gasteiger partial charge < -0.3 is 9.73 Å². The van der Waals surface area contributed by atoms with Gasteiger partial charge in [0, 0.05) is 10.3 Å². The van der Waals surface area contributed by atoms with Crippen LogP contribution in [-0.4, -0.2) is 16.8 Å². The second-order valence-electron chi connectivity index (χ2n) is 6.18. The number of furan rings is 1. The van der Waals surface area contributed by atoms with Crippen LogP contribution in [0.5, 0.6) is 0 Å². The molecule has 6 nitrogen and oxygen atoms in total. The lowest BCUT2D eigenvalue weighted by Gasteiger charge is -2.17. The van der Waals surface area contributed by atoms with Crippen LogP contribution >= 0.6 is 22.7 Å². The number of carbonyl (C=O) groups is 2. The third kappa shape index (κ3) is 4.79. The lowest BCUT2D eigenvalue weighted by Crippen LogP contribution is -2.30. The Morgan fingerprint density at radius 1 is 1.03 bits per heavy atom. The van der Waals surface area contributed by atoms with Gasteiger partial charge >= 0.3 is 0 Å². The Hall–Kier alpha value is -3.23. The predicted molar refractivity (Wildman–Crippen MR) is 113 cm³/mol. The zero-order valence-corrected chi connectivity index (χ0v) is 16.8. The van der Waals surface area contributed by atoms with E-state index in [4.69, 9.17) is 4.42 Å². The number of carbonyl (C=O) groups excluding carboxylic acids is 2. The lowest BCUT2D eigenvalue weighted by molar-refractivity contribution is -0.121. The highest BCUT2D eigenvalue weighted by Crippen LogP contribution is 2.26. The number of thiophene rings is 1. The lowest BCUT2D eigenvalue weighted by atomic mass is 10.1. The summed E-state index contributed by atoms with van der Waals surface area (Å²) in [6, 6.07) is 16.8. The van der Waals surface area contributed by atoms with Crippen molar-refractivity contribution in [2.24, 2.45) is 0 Å². The Balaban J connectivity index is 1.41. The van der Waals surface area contributed by atoms with Gasteiger partial charge in [0.2, 0.25) is 5.91 Å². The molecular formula is C21H17N3O3S2. The number of nitrogens with zero attached hydrogens (tertiary/aromatic N) is 1. The summed E-state index contributed by atoms with van der Waals surface area (Å²) in [5.41, 5.74) is 1.62. The van der Waals surface area contributed by atoms with Crippen molar-refractivity contribution < 1.29 is 14.0 Å². The molecule has 0 aliphatic heterocycles. The summed E-state index contributed by atoms with van der Waals surface area (Å²) in [6.07, 6.45) is 1.56. The number of nitrogens with one attached hydrogen (secondary N) is 2. The zero-order chi connectivity index (χ0) is 20.1. The third-order valence-corrected chi connectivity index (χ3v) is 5.87. The topological polar surface area (TPSA) is 84.2 Å². The van der Waals surface area contributed by atoms with E-state index in [-0.39, 0.29) is 30.0 Å². The van der Waals surface area contributed by atoms with Crippen LogP contribution in [0.3, 0.4) is 0 Å². The van der Waals surface area contributed by atoms with Gasteiger partial charge in [0.15, 0.2) is 10.9 Å². The first-order valence-electron chi connectivity index (χ1n) is 8.86. The van der Waals surface area contributed by atoms with Gasteiger partial charge in [0.25, 0.3) is 5.91 Å². The Morgan fingerprint density at radius 3 is 2.62 bits per heavy atom. The molecule has 0 spiro atoms. The molecule has 1 unspecified atom stereocenters. The SMILES string of the molecule is O=C(Cc1csc(NC(=O)c2ccco2)n1)NC(c1ccccc1)c1cccs1. The van der Waals surface area contributed by atoms with E-state index < -0.39 is 0 Å². The van der Waals surface area contributed by atoms with Crippen molar-refractivity contribution in [3.8, 4) is 0 Å². The molecule has 146 valence electrons. The average molecular weight is 424 g/mol. The second-order valence-corrected chi connectivity index (χ2v) is 8.02. The number of hydrogen-bond donors (Lipinski definition) is 2. The van der Waals surface area contributed by atoms with E-state index >= 15 is 0 Å². The molecule has 0 bridgehead atoms. The molecule has 3 heterocycles. The number of rotatable bonds is 7. The van der Waals surface area contributed by atoms with E-state index in [1.807, 2.05) is 47.8 Å². The Kier molecular flexibility index (Phi) is 5.83. The normalized spacial score (nSPS) is 11.7. The van der Waals surface area contributed by atoms with Crippen LogP contribution in [0, 0.1) is 0 Å². The van der Waals surface area contributed by atoms with Crippen LogP contribution in [0.4, 0.5) is 5.13 Å². The van der Waals surface area contributed by atoms with Crippen molar-refractivity contribution in [3.05, 3.63) is 93.5 Å². The van der Waals surface area contributed by atoms with Gasteiger partial charge in [-0.15, -0.1) is 22.7 Å². The van der Waals surface area contributed by atoms with E-state index in [1.165, 1.54) is 17.6 Å². The molecule has 2 amide bonds. The monoisotopic (exact) mass is 423 g/mol. The molecule has 4 rings (SSSR count). The Bertz CT molecular complexity index is 1070. The fourth-order valence-electron chi connectivity index (χ4n) is 2.81. The standard InChI is InChI=1S/C21H17N3O3S2/c25-18(23-19(17-9-5-11-28-17)14-6-2-1-3-7-14)12-15-13-29-21(22-15)24-20(26)16-8-4-10-27-16/h1-11,13,19H,12H2,(H,23,25)(H,22,24,26). The molecule has 0 aliphatic carbocycles. The quantitative estimate of drug-likeness (QED) is 0.458. The van der Waals surface area contributed by atoms with Gasteiger partial charge in [-0.1, -0.05) is 36.4 Å². The first-order chi connectivity index (χ1) is 14.2. The maximum absolute atomic E-state index is 12.7. The van der Waals surface area contributed by atoms with Crippen molar-refractivity contribution >= 4 is 39.6 Å². The minimum absolute atomic E-state index is 0.127. The van der Waals surface area contributed by atoms with Crippen LogP contribution in [0.1, 0.15) is 32.7 Å². The summed E-state index contributed by atoms with van der Waals surface area (Å²) in [7, 11) is 0. The molecule has 2 N–H and O–H groups in total. The molecule has 0 saturated carbocycles. The summed E-state index contributed by atoms with van der Waals surface area (Å²) in [5.74, 6) is -0.301. The van der Waals surface area contributed by atoms with E-state index in [9.17, 15) is 9.59 Å². The fourth-order valence-corrected chi connectivity index (χ4v) is 4.32. The van der Waals surface area contributed by atoms with E-state index in [1.54, 1.807) is 28.8 Å². The summed E-state index contributed by atoms with van der Waals surface area (Å²) in [5, 5.41) is 9.94. The highest BCUT2D eigenvalue weighted by atomic mass is 32.1. The van der Waals surface area contributed by atoms with E-state index in [0.717, 1.165) is 10.4 Å². The molecular weight excluding hydrogens is 406 g/mol. The molecule has 0 saturated heterocycles. The van der Waals surface area contributed by atoms with Gasteiger partial charge in [-0.25, -0.2) is 4.98 Å². The molecule has 0 radical (unpaired) electrons. The summed E-state index contributed by atoms with van der Waals surface area (Å²) >= 11 is 2.87. The van der Waals surface area contributed by atoms with E-state index in [0.29, 0.717) is 10.8 Å². The van der Waals surface area contributed by atoms with Gasteiger partial charge in [-0.2, -0.15) is 0 Å². The van der Waals surface area contributed by atoms with Crippen molar-refractivity contribution in [1.29, 1.82) is 0 Å². The Morgan fingerprint density at radius 2 is 1.90 bits per heavy atom. The van der Waals surface area contributed by atoms with Gasteiger partial charge in [-0.05, 0) is 29.1 Å². The molecule has 0 fully saturated rings. The molecule has 4 aromatic rings. The highest BCUT2D eigenvalue weighted by Gasteiger charge is 2.19. The average Bonchev–Trinajstić information content (AvgIpc) is 3.49. The number of anilines is 1. The van der Waals surface area contributed by atoms with E-state index in [2.05, 4.69) is 15.6 Å². The number of thiazole rings is 1. The Labute approximate surface area is 175 Å². The largest absolute Gasteiger partial charge is 0.459 e. The first-order valence-corrected chi connectivity index (χ1v) is 10.6. The van der Waals surface area contributed by atoms with Gasteiger partial charge in [0.05, 0.1) is 24.4 Å².